The van der Waals surface area contributed by atoms with Crippen LogP contribution in [0.5, 0.6) is 0 Å². The van der Waals surface area contributed by atoms with Gasteiger partial charge in [-0.25, -0.2) is 0 Å². The van der Waals surface area contributed by atoms with E-state index in [0.717, 1.165) is 41.3 Å². The van der Waals surface area contributed by atoms with Gasteiger partial charge in [0.2, 0.25) is 0 Å². The van der Waals surface area contributed by atoms with Gasteiger partial charge in [0, 0.05) is 53.2 Å². The summed E-state index contributed by atoms with van der Waals surface area (Å²) >= 11 is 5.37. The van der Waals surface area contributed by atoms with Gasteiger partial charge in [0.25, 0.3) is 0 Å². The lowest BCUT2D eigenvalue weighted by molar-refractivity contribution is 0.299. The average Bonchev–Trinajstić information content (AvgIpc) is 3.14. The van der Waals surface area contributed by atoms with Crippen LogP contribution in [-0.4, -0.2) is 50.0 Å². The predicted octanol–water partition coefficient (Wildman–Crippen LogP) is 4.88. The standard InChI is InChI=1S/C23H26BrN5S/c1-2-29-21(17-5-3-10-25-14-17)26-27-22(29)30-12-4-11-28-15-19-13-23(19,16-28)18-6-8-20(24)9-7-18/h3,5-10,14,19H,2,4,11-13,15-16H2,1H3. The first kappa shape index (κ1) is 20.2. The van der Waals surface area contributed by atoms with Crippen molar-refractivity contribution >= 4 is 27.7 Å². The molecule has 2 aromatic heterocycles. The molecule has 7 heteroatoms. The zero-order valence-electron chi connectivity index (χ0n) is 17.2. The quantitative estimate of drug-likeness (QED) is 0.337. The molecule has 1 aromatic carbocycles. The maximum absolute atomic E-state index is 4.44. The first-order valence-electron chi connectivity index (χ1n) is 10.6. The Bertz CT molecular complexity index is 1010. The van der Waals surface area contributed by atoms with E-state index in [-0.39, 0.29) is 0 Å². The highest BCUT2D eigenvalue weighted by Gasteiger charge is 2.60. The van der Waals surface area contributed by atoms with Crippen molar-refractivity contribution in [3.63, 3.8) is 0 Å². The lowest BCUT2D eigenvalue weighted by Gasteiger charge is -2.21. The molecule has 0 N–H and O–H groups in total. The molecule has 5 rings (SSSR count). The van der Waals surface area contributed by atoms with Crippen LogP contribution in [0.15, 0.2) is 58.4 Å². The van der Waals surface area contributed by atoms with Gasteiger partial charge >= 0.3 is 0 Å². The van der Waals surface area contributed by atoms with E-state index in [9.17, 15) is 0 Å². The third-order valence-electron chi connectivity index (χ3n) is 6.44. The number of piperidine rings is 1. The van der Waals surface area contributed by atoms with Crippen molar-refractivity contribution in [3.8, 4) is 11.4 Å². The molecule has 5 nitrogen and oxygen atoms in total. The monoisotopic (exact) mass is 483 g/mol. The Balaban J connectivity index is 1.14. The smallest absolute Gasteiger partial charge is 0.191 e. The van der Waals surface area contributed by atoms with Crippen molar-refractivity contribution in [3.05, 3.63) is 58.8 Å². The van der Waals surface area contributed by atoms with Gasteiger partial charge in [-0.2, -0.15) is 0 Å². The second-order valence-electron chi connectivity index (χ2n) is 8.29. The molecule has 3 heterocycles. The molecule has 2 aliphatic rings. The Labute approximate surface area is 190 Å². The van der Waals surface area contributed by atoms with E-state index >= 15 is 0 Å². The Hall–Kier alpha value is -1.70. The summed E-state index contributed by atoms with van der Waals surface area (Å²) in [5.74, 6) is 2.82. The van der Waals surface area contributed by atoms with Crippen LogP contribution < -0.4 is 0 Å². The molecule has 0 spiro atoms. The van der Waals surface area contributed by atoms with Crippen molar-refractivity contribution in [2.45, 2.75) is 36.9 Å². The molecular formula is C23H26BrN5S. The van der Waals surface area contributed by atoms with Gasteiger partial charge in [-0.15, -0.1) is 10.2 Å². The van der Waals surface area contributed by atoms with Gasteiger partial charge in [0.1, 0.15) is 0 Å². The molecule has 1 aliphatic carbocycles. The van der Waals surface area contributed by atoms with E-state index in [4.69, 9.17) is 0 Å². The fraction of sp³-hybridized carbons (Fsp3) is 0.435. The summed E-state index contributed by atoms with van der Waals surface area (Å²) in [5, 5.41) is 9.86. The normalized spacial score (nSPS) is 22.9. The number of fused-ring (bicyclic) bond motifs is 1. The summed E-state index contributed by atoms with van der Waals surface area (Å²) in [4.78, 5) is 6.87. The Morgan fingerprint density at radius 2 is 2.07 bits per heavy atom. The van der Waals surface area contributed by atoms with E-state index in [1.54, 1.807) is 6.20 Å². The highest BCUT2D eigenvalue weighted by atomic mass is 79.9. The number of likely N-dealkylation sites (tertiary alicyclic amines) is 1. The Kier molecular flexibility index (Phi) is 5.69. The number of hydrogen-bond donors (Lipinski definition) is 0. The summed E-state index contributed by atoms with van der Waals surface area (Å²) in [7, 11) is 0. The highest BCUT2D eigenvalue weighted by Crippen LogP contribution is 2.59. The Morgan fingerprint density at radius 1 is 1.20 bits per heavy atom. The molecule has 2 unspecified atom stereocenters. The minimum Gasteiger partial charge on any atom is -0.302 e. The fourth-order valence-electron chi connectivity index (χ4n) is 4.83. The van der Waals surface area contributed by atoms with Crippen LogP contribution in [0.3, 0.4) is 0 Å². The maximum Gasteiger partial charge on any atom is 0.191 e. The number of thioether (sulfide) groups is 1. The van der Waals surface area contributed by atoms with E-state index in [0.29, 0.717) is 5.41 Å². The van der Waals surface area contributed by atoms with E-state index in [2.05, 4.69) is 71.8 Å². The number of rotatable bonds is 8. The molecule has 2 atom stereocenters. The molecule has 156 valence electrons. The van der Waals surface area contributed by atoms with Gasteiger partial charge in [-0.05, 0) is 62.1 Å². The third kappa shape index (κ3) is 3.83. The van der Waals surface area contributed by atoms with Crippen LogP contribution in [0.4, 0.5) is 0 Å². The van der Waals surface area contributed by atoms with Gasteiger partial charge < -0.3 is 9.47 Å². The van der Waals surface area contributed by atoms with Crippen LogP contribution in [0, 0.1) is 5.92 Å². The number of halogens is 1. The molecule has 0 radical (unpaired) electrons. The zero-order valence-corrected chi connectivity index (χ0v) is 19.6. The molecule has 1 aliphatic heterocycles. The van der Waals surface area contributed by atoms with Crippen LogP contribution >= 0.6 is 27.7 Å². The van der Waals surface area contributed by atoms with E-state index in [1.165, 1.54) is 36.0 Å². The van der Waals surface area contributed by atoms with Crippen LogP contribution in [-0.2, 0) is 12.0 Å². The van der Waals surface area contributed by atoms with Crippen LogP contribution in [0.2, 0.25) is 0 Å². The van der Waals surface area contributed by atoms with Gasteiger partial charge in [-0.3, -0.25) is 4.98 Å². The third-order valence-corrected chi connectivity index (χ3v) is 8.02. The lowest BCUT2D eigenvalue weighted by atomic mass is 9.95. The van der Waals surface area contributed by atoms with Gasteiger partial charge in [-0.1, -0.05) is 39.8 Å². The fourth-order valence-corrected chi connectivity index (χ4v) is 6.02. The molecule has 30 heavy (non-hydrogen) atoms. The summed E-state index contributed by atoms with van der Waals surface area (Å²) < 4.78 is 3.35. The summed E-state index contributed by atoms with van der Waals surface area (Å²) in [6.45, 7) is 6.63. The lowest BCUT2D eigenvalue weighted by Crippen LogP contribution is -2.27. The topological polar surface area (TPSA) is 46.8 Å². The number of aromatic nitrogens is 4. The minimum atomic E-state index is 0.425. The minimum absolute atomic E-state index is 0.425. The first-order valence-corrected chi connectivity index (χ1v) is 12.4. The molecule has 2 fully saturated rings. The van der Waals surface area contributed by atoms with Crippen LogP contribution in [0.25, 0.3) is 11.4 Å². The largest absolute Gasteiger partial charge is 0.302 e. The average molecular weight is 484 g/mol. The second-order valence-corrected chi connectivity index (χ2v) is 10.3. The van der Waals surface area contributed by atoms with E-state index in [1.807, 2.05) is 30.1 Å². The Morgan fingerprint density at radius 3 is 2.83 bits per heavy atom. The van der Waals surface area contributed by atoms with Gasteiger partial charge in [0.05, 0.1) is 0 Å². The van der Waals surface area contributed by atoms with E-state index < -0.39 is 0 Å². The summed E-state index contributed by atoms with van der Waals surface area (Å²) in [6.07, 6.45) is 6.17. The van der Waals surface area contributed by atoms with Crippen molar-refractivity contribution in [2.75, 3.05) is 25.4 Å². The van der Waals surface area contributed by atoms with Crippen molar-refractivity contribution in [2.24, 2.45) is 5.92 Å². The van der Waals surface area contributed by atoms with Crippen molar-refractivity contribution in [1.82, 2.24) is 24.6 Å². The second kappa shape index (κ2) is 8.44. The molecule has 1 saturated carbocycles. The maximum atomic E-state index is 4.44. The molecule has 3 aromatic rings. The highest BCUT2D eigenvalue weighted by molar-refractivity contribution is 9.10. The van der Waals surface area contributed by atoms with Crippen molar-refractivity contribution < 1.29 is 0 Å². The SMILES string of the molecule is CCn1c(SCCCN2CC3CC3(c3ccc(Br)cc3)C2)nnc1-c1cccnc1. The number of hydrogen-bond acceptors (Lipinski definition) is 5. The number of benzene rings is 1. The zero-order chi connectivity index (χ0) is 20.6. The first-order chi connectivity index (χ1) is 14.7. The molecular weight excluding hydrogens is 458 g/mol. The number of nitrogens with zero attached hydrogens (tertiary/aromatic N) is 5. The van der Waals surface area contributed by atoms with Crippen molar-refractivity contribution in [1.29, 1.82) is 0 Å². The molecule has 0 amide bonds. The van der Waals surface area contributed by atoms with Gasteiger partial charge in [0.15, 0.2) is 11.0 Å². The molecule has 0 bridgehead atoms. The molecule has 1 saturated heterocycles. The predicted molar refractivity (Wildman–Crippen MR) is 125 cm³/mol. The summed E-state index contributed by atoms with van der Waals surface area (Å²) in [5.41, 5.74) is 2.97. The van der Waals surface area contributed by atoms with Crippen LogP contribution in [0.1, 0.15) is 25.3 Å². The summed E-state index contributed by atoms with van der Waals surface area (Å²) in [6, 6.07) is 13.0. The number of pyridine rings is 1.